The van der Waals surface area contributed by atoms with Gasteiger partial charge >= 0.3 is 6.18 Å². The molecule has 0 bridgehead atoms. The second-order valence-corrected chi connectivity index (χ2v) is 7.14. The van der Waals surface area contributed by atoms with Crippen molar-refractivity contribution < 1.29 is 18.0 Å². The van der Waals surface area contributed by atoms with Gasteiger partial charge in [-0.1, -0.05) is 49.2 Å². The van der Waals surface area contributed by atoms with Gasteiger partial charge in [-0.2, -0.15) is 13.2 Å². The highest BCUT2D eigenvalue weighted by atomic mass is 35.5. The standard InChI is InChI=1S/C21H20ClF3N2O/c1-2-3-12-26-20(28)19-17(13-6-10-16(22)11-7-13)18(27-19)14-4-8-15(9-5-14)21(23,24)25/h4-11,17,19H,2-3,12H2,1H3,(H,26,28)/t17-,19-/m1/s1. The predicted octanol–water partition coefficient (Wildman–Crippen LogP) is 5.23. The SMILES string of the molecule is CCCCNC(=O)[C@@H]1N=C(c2ccc(C(F)(F)F)cc2)[C@H]1c1ccc(Cl)cc1. The molecule has 0 saturated carbocycles. The molecule has 0 aliphatic carbocycles. The number of alkyl halides is 3. The van der Waals surface area contributed by atoms with Crippen LogP contribution in [0.15, 0.2) is 53.5 Å². The number of benzene rings is 2. The molecule has 0 aromatic heterocycles. The summed E-state index contributed by atoms with van der Waals surface area (Å²) in [6.07, 6.45) is -2.55. The molecule has 7 heteroatoms. The molecule has 0 unspecified atom stereocenters. The van der Waals surface area contributed by atoms with Crippen molar-refractivity contribution in [3.05, 3.63) is 70.2 Å². The summed E-state index contributed by atoms with van der Waals surface area (Å²) in [7, 11) is 0. The van der Waals surface area contributed by atoms with Crippen LogP contribution in [-0.2, 0) is 11.0 Å². The smallest absolute Gasteiger partial charge is 0.354 e. The second kappa shape index (κ2) is 8.35. The lowest BCUT2D eigenvalue weighted by atomic mass is 9.78. The van der Waals surface area contributed by atoms with Crippen molar-refractivity contribution >= 4 is 23.2 Å². The van der Waals surface area contributed by atoms with Gasteiger partial charge in [0.25, 0.3) is 0 Å². The molecule has 0 spiro atoms. The first-order chi connectivity index (χ1) is 13.3. The molecule has 2 aromatic carbocycles. The van der Waals surface area contributed by atoms with Crippen LogP contribution in [0.3, 0.4) is 0 Å². The third kappa shape index (κ3) is 4.38. The highest BCUT2D eigenvalue weighted by Crippen LogP contribution is 2.37. The molecule has 1 aliphatic rings. The van der Waals surface area contributed by atoms with Gasteiger partial charge in [0.15, 0.2) is 0 Å². The number of carbonyl (C=O) groups excluding carboxylic acids is 1. The Balaban J connectivity index is 1.88. The van der Waals surface area contributed by atoms with Gasteiger partial charge in [-0.15, -0.1) is 0 Å². The second-order valence-electron chi connectivity index (χ2n) is 6.71. The van der Waals surface area contributed by atoms with Crippen molar-refractivity contribution in [2.75, 3.05) is 6.54 Å². The summed E-state index contributed by atoms with van der Waals surface area (Å²) in [6, 6.07) is 11.4. The molecular weight excluding hydrogens is 389 g/mol. The minimum absolute atomic E-state index is 0.177. The van der Waals surface area contributed by atoms with Gasteiger partial charge in [0.1, 0.15) is 6.04 Å². The first-order valence-electron chi connectivity index (χ1n) is 9.09. The Morgan fingerprint density at radius 3 is 2.32 bits per heavy atom. The van der Waals surface area contributed by atoms with Crippen LogP contribution in [0.25, 0.3) is 0 Å². The number of aliphatic imine (C=N–C) groups is 1. The summed E-state index contributed by atoms with van der Waals surface area (Å²) < 4.78 is 38.4. The normalized spacial score (nSPS) is 19.0. The zero-order valence-electron chi connectivity index (χ0n) is 15.3. The monoisotopic (exact) mass is 408 g/mol. The number of hydrogen-bond donors (Lipinski definition) is 1. The molecular formula is C21H20ClF3N2O. The van der Waals surface area contributed by atoms with E-state index >= 15 is 0 Å². The van der Waals surface area contributed by atoms with Crippen LogP contribution in [0, 0.1) is 0 Å². The van der Waals surface area contributed by atoms with E-state index in [1.54, 1.807) is 12.1 Å². The Labute approximate surface area is 166 Å². The molecule has 0 fully saturated rings. The maximum atomic E-state index is 12.8. The topological polar surface area (TPSA) is 41.5 Å². The maximum Gasteiger partial charge on any atom is 0.416 e. The molecule has 1 amide bonds. The van der Waals surface area contributed by atoms with Gasteiger partial charge in [-0.25, -0.2) is 0 Å². The average molecular weight is 409 g/mol. The van der Waals surface area contributed by atoms with Crippen molar-refractivity contribution in [1.29, 1.82) is 0 Å². The quantitative estimate of drug-likeness (QED) is 0.653. The summed E-state index contributed by atoms with van der Waals surface area (Å²) in [6.45, 7) is 2.61. The van der Waals surface area contributed by atoms with Crippen LogP contribution < -0.4 is 5.32 Å². The van der Waals surface area contributed by atoms with Crippen molar-refractivity contribution in [2.45, 2.75) is 37.9 Å². The molecule has 1 heterocycles. The maximum absolute atomic E-state index is 12.8. The number of nitrogens with zero attached hydrogens (tertiary/aromatic N) is 1. The van der Waals surface area contributed by atoms with Crippen molar-refractivity contribution in [2.24, 2.45) is 4.99 Å². The molecule has 2 aromatic rings. The van der Waals surface area contributed by atoms with E-state index in [1.165, 1.54) is 12.1 Å². The first-order valence-corrected chi connectivity index (χ1v) is 9.47. The Morgan fingerprint density at radius 1 is 1.11 bits per heavy atom. The Hall–Kier alpha value is -2.34. The number of rotatable bonds is 6. The fourth-order valence-corrected chi connectivity index (χ4v) is 3.30. The van der Waals surface area contributed by atoms with Gasteiger partial charge in [0.05, 0.1) is 17.2 Å². The van der Waals surface area contributed by atoms with E-state index in [-0.39, 0.29) is 11.8 Å². The van der Waals surface area contributed by atoms with E-state index in [1.807, 2.05) is 19.1 Å². The van der Waals surface area contributed by atoms with E-state index in [2.05, 4.69) is 10.3 Å². The molecule has 2 atom stereocenters. The van der Waals surface area contributed by atoms with Gasteiger partial charge in [0, 0.05) is 11.6 Å². The highest BCUT2D eigenvalue weighted by molar-refractivity contribution is 6.30. The summed E-state index contributed by atoms with van der Waals surface area (Å²) >= 11 is 5.96. The van der Waals surface area contributed by atoms with Gasteiger partial charge in [-0.05, 0) is 41.8 Å². The zero-order chi connectivity index (χ0) is 20.3. The third-order valence-electron chi connectivity index (χ3n) is 4.72. The number of nitrogens with one attached hydrogen (secondary N) is 1. The van der Waals surface area contributed by atoms with Gasteiger partial charge in [0.2, 0.25) is 5.91 Å². The molecule has 0 radical (unpaired) electrons. The lowest BCUT2D eigenvalue weighted by molar-refractivity contribution is -0.137. The fraction of sp³-hybridized carbons (Fsp3) is 0.333. The zero-order valence-corrected chi connectivity index (χ0v) is 16.0. The molecule has 1 N–H and O–H groups in total. The van der Waals surface area contributed by atoms with Crippen LogP contribution in [0.5, 0.6) is 0 Å². The Bertz CT molecular complexity index is 861. The Kier molecular flexibility index (Phi) is 6.08. The average Bonchev–Trinajstić information content (AvgIpc) is 2.63. The van der Waals surface area contributed by atoms with Gasteiger partial charge < -0.3 is 5.32 Å². The first kappa shape index (κ1) is 20.4. The van der Waals surface area contributed by atoms with E-state index in [9.17, 15) is 18.0 Å². The van der Waals surface area contributed by atoms with E-state index in [0.717, 1.165) is 30.5 Å². The number of carbonyl (C=O) groups is 1. The highest BCUT2D eigenvalue weighted by Gasteiger charge is 2.41. The fourth-order valence-electron chi connectivity index (χ4n) is 3.17. The summed E-state index contributed by atoms with van der Waals surface area (Å²) in [5.41, 5.74) is 1.32. The number of halogens is 4. The molecule has 0 saturated heterocycles. The largest absolute Gasteiger partial charge is 0.416 e. The van der Waals surface area contributed by atoms with Crippen molar-refractivity contribution in [3.8, 4) is 0 Å². The molecule has 148 valence electrons. The summed E-state index contributed by atoms with van der Waals surface area (Å²) in [5.74, 6) is -0.500. The summed E-state index contributed by atoms with van der Waals surface area (Å²) in [5, 5.41) is 3.45. The third-order valence-corrected chi connectivity index (χ3v) is 4.98. The van der Waals surface area contributed by atoms with Crippen LogP contribution in [0.4, 0.5) is 13.2 Å². The number of amides is 1. The van der Waals surface area contributed by atoms with Crippen LogP contribution in [0.2, 0.25) is 5.02 Å². The van der Waals surface area contributed by atoms with Crippen LogP contribution in [0.1, 0.15) is 42.4 Å². The van der Waals surface area contributed by atoms with Crippen LogP contribution in [-0.4, -0.2) is 24.2 Å². The van der Waals surface area contributed by atoms with E-state index in [4.69, 9.17) is 11.6 Å². The van der Waals surface area contributed by atoms with Crippen molar-refractivity contribution in [1.82, 2.24) is 5.32 Å². The van der Waals surface area contributed by atoms with Gasteiger partial charge in [-0.3, -0.25) is 9.79 Å². The lowest BCUT2D eigenvalue weighted by Gasteiger charge is -2.34. The number of hydrogen-bond acceptors (Lipinski definition) is 2. The van der Waals surface area contributed by atoms with E-state index < -0.39 is 17.8 Å². The lowest BCUT2D eigenvalue weighted by Crippen LogP contribution is -2.47. The number of unbranched alkanes of at least 4 members (excludes halogenated alkanes) is 1. The van der Waals surface area contributed by atoms with Crippen molar-refractivity contribution in [3.63, 3.8) is 0 Å². The van der Waals surface area contributed by atoms with Crippen LogP contribution >= 0.6 is 11.6 Å². The Morgan fingerprint density at radius 2 is 1.75 bits per heavy atom. The van der Waals surface area contributed by atoms with E-state index in [0.29, 0.717) is 22.8 Å². The molecule has 1 aliphatic heterocycles. The molecule has 3 nitrogen and oxygen atoms in total. The summed E-state index contributed by atoms with van der Waals surface area (Å²) in [4.78, 5) is 17.0. The minimum atomic E-state index is -4.39. The molecule has 28 heavy (non-hydrogen) atoms. The predicted molar refractivity (Wildman–Crippen MR) is 104 cm³/mol. The minimum Gasteiger partial charge on any atom is -0.354 e. The molecule has 3 rings (SSSR count).